The molecule has 1 atom stereocenters. The Bertz CT molecular complexity index is 829. The molecule has 0 spiro atoms. The summed E-state index contributed by atoms with van der Waals surface area (Å²) in [6, 6.07) is 5.79. The van der Waals surface area contributed by atoms with E-state index in [0.29, 0.717) is 18.8 Å². The zero-order valence-corrected chi connectivity index (χ0v) is 21.8. The molecule has 1 unspecified atom stereocenters. The largest absolute Gasteiger partial charge is 0.462 e. The van der Waals surface area contributed by atoms with E-state index in [1.807, 2.05) is 6.07 Å². The van der Waals surface area contributed by atoms with Crippen molar-refractivity contribution in [2.75, 3.05) is 33.5 Å². The van der Waals surface area contributed by atoms with Crippen LogP contribution in [0.25, 0.3) is 0 Å². The van der Waals surface area contributed by atoms with E-state index in [9.17, 15) is 14.0 Å². The van der Waals surface area contributed by atoms with E-state index in [2.05, 4.69) is 26.1 Å². The third-order valence-electron chi connectivity index (χ3n) is 6.67. The number of esters is 1. The first-order chi connectivity index (χ1) is 17.3. The van der Waals surface area contributed by atoms with Crippen molar-refractivity contribution < 1.29 is 33.7 Å². The minimum Gasteiger partial charge on any atom is -0.462 e. The number of aldehydes is 1. The van der Waals surface area contributed by atoms with Crippen LogP contribution in [0.4, 0.5) is 4.39 Å². The van der Waals surface area contributed by atoms with Crippen LogP contribution >= 0.6 is 0 Å². The van der Waals surface area contributed by atoms with E-state index in [0.717, 1.165) is 49.7 Å². The van der Waals surface area contributed by atoms with Gasteiger partial charge in [0.1, 0.15) is 12.1 Å². The Kier molecular flexibility index (Phi) is 15.8. The Morgan fingerprint density at radius 3 is 2.33 bits per heavy atom. The van der Waals surface area contributed by atoms with Crippen molar-refractivity contribution in [2.45, 2.75) is 64.2 Å². The molecule has 0 aliphatic heterocycles. The Hall–Kier alpha value is -2.35. The fraction of sp³-hybridized carbons (Fsp3) is 0.586. The summed E-state index contributed by atoms with van der Waals surface area (Å²) in [5.74, 6) is 0.0709. The topological polar surface area (TPSA) is 93.1 Å². The zero-order chi connectivity index (χ0) is 26.9. The number of hydrogen-bond acceptors (Lipinski definition) is 6. The van der Waals surface area contributed by atoms with Crippen molar-refractivity contribution >= 4 is 12.3 Å². The average Bonchev–Trinajstić information content (AvgIpc) is 2.90. The maximum atomic E-state index is 14.7. The number of ether oxygens (including phenoxy) is 2. The van der Waals surface area contributed by atoms with E-state index in [1.54, 1.807) is 13.2 Å². The van der Waals surface area contributed by atoms with Crippen LogP contribution in [0.5, 0.6) is 0 Å². The summed E-state index contributed by atoms with van der Waals surface area (Å²) in [5.41, 5.74) is 2.20. The standard InChI is InChI=1S/C25H37FO4.C4H6O2/c1-4-5-6-7-19-8-13-23(24(26)14-19)21-11-9-20(10-12-21)22(16-29-3)17-30-25(28)18(2)15-27;1-4(2-5)3-6/h8,13-14,20-22,27H,2,4-7,9-12,15-17H2,1,3H3;2,6H,1,3H2. The fourth-order valence-electron chi connectivity index (χ4n) is 4.46. The van der Waals surface area contributed by atoms with Gasteiger partial charge in [-0.1, -0.05) is 45.1 Å². The van der Waals surface area contributed by atoms with E-state index < -0.39 is 12.6 Å². The fourth-order valence-corrected chi connectivity index (χ4v) is 4.46. The summed E-state index contributed by atoms with van der Waals surface area (Å²) >= 11 is 0. The first-order valence-electron chi connectivity index (χ1n) is 12.8. The lowest BCUT2D eigenvalue weighted by atomic mass is 9.74. The molecule has 0 aromatic heterocycles. The van der Waals surface area contributed by atoms with Gasteiger partial charge in [-0.2, -0.15) is 0 Å². The smallest absolute Gasteiger partial charge is 0.335 e. The number of aliphatic hydroxyl groups excluding tert-OH is 2. The predicted octanol–water partition coefficient (Wildman–Crippen LogP) is 4.92. The Balaban J connectivity index is 0.000000960. The maximum Gasteiger partial charge on any atom is 0.335 e. The van der Waals surface area contributed by atoms with Crippen molar-refractivity contribution in [3.8, 4) is 0 Å². The number of carbonyl (C=O) groups is 2. The molecule has 1 aliphatic rings. The zero-order valence-electron chi connectivity index (χ0n) is 21.8. The summed E-state index contributed by atoms with van der Waals surface area (Å²) in [4.78, 5) is 21.3. The predicted molar refractivity (Wildman–Crippen MR) is 139 cm³/mol. The number of unbranched alkanes of at least 4 members (excludes halogenated alkanes) is 2. The molecule has 0 heterocycles. The second-order valence-corrected chi connectivity index (χ2v) is 9.43. The molecule has 202 valence electrons. The second kappa shape index (κ2) is 18.0. The van der Waals surface area contributed by atoms with Crippen LogP contribution in [0.3, 0.4) is 0 Å². The molecule has 6 nitrogen and oxygen atoms in total. The lowest BCUT2D eigenvalue weighted by Crippen LogP contribution is -2.29. The maximum absolute atomic E-state index is 14.7. The summed E-state index contributed by atoms with van der Waals surface area (Å²) in [7, 11) is 1.64. The van der Waals surface area contributed by atoms with E-state index in [-0.39, 0.29) is 42.0 Å². The first-order valence-corrected chi connectivity index (χ1v) is 12.8. The number of benzene rings is 1. The van der Waals surface area contributed by atoms with Crippen molar-refractivity contribution in [3.63, 3.8) is 0 Å². The van der Waals surface area contributed by atoms with Crippen LogP contribution < -0.4 is 0 Å². The van der Waals surface area contributed by atoms with Gasteiger partial charge in [0.2, 0.25) is 0 Å². The molecule has 1 saturated carbocycles. The molecule has 2 rings (SSSR count). The van der Waals surface area contributed by atoms with Crippen LogP contribution in [0.15, 0.2) is 42.5 Å². The molecule has 7 heteroatoms. The third-order valence-corrected chi connectivity index (χ3v) is 6.67. The van der Waals surface area contributed by atoms with Gasteiger partial charge in [-0.05, 0) is 67.6 Å². The summed E-state index contributed by atoms with van der Waals surface area (Å²) in [6.07, 6.45) is 8.68. The highest BCUT2D eigenvalue weighted by Gasteiger charge is 2.30. The Morgan fingerprint density at radius 2 is 1.83 bits per heavy atom. The lowest BCUT2D eigenvalue weighted by Gasteiger charge is -2.33. The van der Waals surface area contributed by atoms with Gasteiger partial charge in [-0.3, -0.25) is 4.79 Å². The van der Waals surface area contributed by atoms with Gasteiger partial charge in [0.25, 0.3) is 0 Å². The van der Waals surface area contributed by atoms with Gasteiger partial charge >= 0.3 is 5.97 Å². The quantitative estimate of drug-likeness (QED) is 0.161. The molecule has 0 saturated heterocycles. The van der Waals surface area contributed by atoms with Crippen LogP contribution in [0.2, 0.25) is 0 Å². The molecular weight excluding hydrogens is 463 g/mol. The summed E-state index contributed by atoms with van der Waals surface area (Å²) in [5, 5.41) is 17.0. The number of carbonyl (C=O) groups excluding carboxylic acids is 2. The summed E-state index contributed by atoms with van der Waals surface area (Å²) in [6.45, 7) is 8.97. The monoisotopic (exact) mass is 506 g/mol. The van der Waals surface area contributed by atoms with Gasteiger partial charge in [-0.25, -0.2) is 9.18 Å². The normalized spacial score (nSPS) is 17.9. The van der Waals surface area contributed by atoms with E-state index >= 15 is 0 Å². The minimum atomic E-state index is -0.562. The van der Waals surface area contributed by atoms with Crippen molar-refractivity contribution in [1.82, 2.24) is 0 Å². The van der Waals surface area contributed by atoms with Crippen molar-refractivity contribution in [1.29, 1.82) is 0 Å². The van der Waals surface area contributed by atoms with Crippen LogP contribution in [-0.4, -0.2) is 56.0 Å². The third kappa shape index (κ3) is 11.1. The molecule has 1 aromatic rings. The highest BCUT2D eigenvalue weighted by Crippen LogP contribution is 2.40. The minimum absolute atomic E-state index is 0.0588. The second-order valence-electron chi connectivity index (χ2n) is 9.43. The van der Waals surface area contributed by atoms with Crippen molar-refractivity contribution in [3.05, 3.63) is 59.4 Å². The molecule has 1 fully saturated rings. The highest BCUT2D eigenvalue weighted by atomic mass is 19.1. The van der Waals surface area contributed by atoms with Gasteiger partial charge in [0, 0.05) is 18.6 Å². The van der Waals surface area contributed by atoms with Crippen molar-refractivity contribution in [2.24, 2.45) is 11.8 Å². The number of hydrogen-bond donors (Lipinski definition) is 2. The molecular formula is C29H43FO6. The van der Waals surface area contributed by atoms with Crippen LogP contribution in [-0.2, 0) is 25.5 Å². The molecule has 0 amide bonds. The van der Waals surface area contributed by atoms with Crippen LogP contribution in [0.1, 0.15) is 68.9 Å². The van der Waals surface area contributed by atoms with E-state index in [1.165, 1.54) is 12.8 Å². The Morgan fingerprint density at radius 1 is 1.14 bits per heavy atom. The van der Waals surface area contributed by atoms with Gasteiger partial charge < -0.3 is 19.7 Å². The highest BCUT2D eigenvalue weighted by molar-refractivity contribution is 5.87. The molecule has 36 heavy (non-hydrogen) atoms. The van der Waals surface area contributed by atoms with Gasteiger partial charge in [0.05, 0.1) is 32.0 Å². The molecule has 0 bridgehead atoms. The van der Waals surface area contributed by atoms with Crippen LogP contribution in [0, 0.1) is 17.7 Å². The molecule has 1 aromatic carbocycles. The molecule has 0 radical (unpaired) electrons. The average molecular weight is 507 g/mol. The number of aliphatic hydroxyl groups is 2. The SMILES string of the molecule is C=C(C=O)CO.C=C(CO)C(=O)OCC(COC)C1CCC(c2ccc(CCCCC)cc2F)CC1. The number of methoxy groups -OCH3 is 1. The molecule has 2 N–H and O–H groups in total. The lowest BCUT2D eigenvalue weighted by molar-refractivity contribution is -0.142. The van der Waals surface area contributed by atoms with E-state index in [4.69, 9.17) is 19.7 Å². The van der Waals surface area contributed by atoms with Gasteiger partial charge in [-0.15, -0.1) is 0 Å². The van der Waals surface area contributed by atoms with Gasteiger partial charge in [0.15, 0.2) is 0 Å². The number of halogens is 1. The summed E-state index contributed by atoms with van der Waals surface area (Å²) < 4.78 is 25.4. The number of aryl methyl sites for hydroxylation is 1. The first kappa shape index (κ1) is 31.7. The molecule has 1 aliphatic carbocycles. The number of rotatable bonds is 14. The Labute approximate surface area is 215 Å².